The summed E-state index contributed by atoms with van der Waals surface area (Å²) >= 11 is 0. The number of rotatable bonds is 2. The first-order chi connectivity index (χ1) is 3.06. The van der Waals surface area contributed by atoms with Crippen molar-refractivity contribution >= 4 is 13.9 Å². The molecule has 0 saturated carbocycles. The zero-order valence-electron chi connectivity index (χ0n) is 3.96. The molecule has 0 saturated heterocycles. The van der Waals surface area contributed by atoms with Crippen molar-refractivity contribution in [3.05, 3.63) is 0 Å². The predicted molar refractivity (Wildman–Crippen MR) is 33.1 cm³/mol. The Labute approximate surface area is 43.1 Å². The van der Waals surface area contributed by atoms with Crippen LogP contribution in [0.15, 0.2) is 0 Å². The monoisotopic (exact) mass is 121 g/mol. The minimum absolute atomic E-state index is 0.326. The van der Waals surface area contributed by atoms with Crippen molar-refractivity contribution in [3.63, 3.8) is 0 Å². The topological polar surface area (TPSA) is 102 Å². The number of hydrogen-bond donors (Lipinski definition) is 4. The van der Waals surface area contributed by atoms with Crippen LogP contribution in [0.3, 0.4) is 0 Å². The van der Waals surface area contributed by atoms with Crippen LogP contribution in [0.2, 0.25) is 0 Å². The fraction of sp³-hybridized carbons (Fsp3) is 0.500. The molecule has 7 heavy (non-hydrogen) atoms. The maximum Gasteiger partial charge on any atom is 0.217 e. The van der Waals surface area contributed by atoms with Gasteiger partial charge in [0.15, 0.2) is 0 Å². The van der Waals surface area contributed by atoms with Crippen LogP contribution in [-0.4, -0.2) is 12.4 Å². The summed E-state index contributed by atoms with van der Waals surface area (Å²) in [6.07, 6.45) is 1.46. The van der Waals surface area contributed by atoms with E-state index in [0.29, 0.717) is 6.16 Å². The van der Waals surface area contributed by atoms with Crippen LogP contribution in [-0.2, 0) is 0 Å². The fourth-order valence-electron chi connectivity index (χ4n) is 0.158. The first kappa shape index (κ1) is 6.98. The van der Waals surface area contributed by atoms with Gasteiger partial charge in [-0.3, -0.25) is 0 Å². The quantitative estimate of drug-likeness (QED) is 0.286. The average Bonchev–Trinajstić information content (AvgIpc) is 1.30. The van der Waals surface area contributed by atoms with E-state index in [0.717, 1.165) is 6.21 Å². The van der Waals surface area contributed by atoms with E-state index in [-0.39, 0.29) is 0 Å². The maximum absolute atomic E-state index is 6.52. The van der Waals surface area contributed by atoms with Gasteiger partial charge in [0.25, 0.3) is 0 Å². The van der Waals surface area contributed by atoms with Crippen LogP contribution in [0, 0.1) is 5.41 Å². The number of hydrogen-bond acceptors (Lipinski definition) is 4. The van der Waals surface area contributed by atoms with E-state index >= 15 is 0 Å². The summed E-state index contributed by atoms with van der Waals surface area (Å²) < 4.78 is 0. The molecule has 0 fully saturated rings. The van der Waals surface area contributed by atoms with E-state index in [1.807, 2.05) is 0 Å². The van der Waals surface area contributed by atoms with Crippen molar-refractivity contribution in [1.82, 2.24) is 0 Å². The standard InChI is InChI=1S/C2H10N4P/c3-1-2-7(4,5)6/h1,3H,2,4-6H2/q+1. The van der Waals surface area contributed by atoms with Crippen LogP contribution in [0.5, 0.6) is 0 Å². The average molecular weight is 121 g/mol. The van der Waals surface area contributed by atoms with E-state index in [9.17, 15) is 0 Å². The predicted octanol–water partition coefficient (Wildman–Crippen LogP) is -0.725. The number of nitrogens with two attached hydrogens (primary N) is 3. The summed E-state index contributed by atoms with van der Waals surface area (Å²) in [5, 5.41) is 6.52. The molecular formula is C2H10N4P+. The Balaban J connectivity index is 3.34. The fourth-order valence-corrected chi connectivity index (χ4v) is 0.474. The van der Waals surface area contributed by atoms with Gasteiger partial charge in [-0.05, 0) is 0 Å². The number of nitrogens with one attached hydrogen (secondary N) is 1. The molecule has 0 aliphatic heterocycles. The van der Waals surface area contributed by atoms with E-state index in [1.165, 1.54) is 0 Å². The van der Waals surface area contributed by atoms with Crippen molar-refractivity contribution < 1.29 is 0 Å². The van der Waals surface area contributed by atoms with Crippen molar-refractivity contribution in [2.75, 3.05) is 6.16 Å². The molecule has 0 rings (SSSR count). The van der Waals surface area contributed by atoms with Crippen LogP contribution < -0.4 is 16.5 Å². The minimum atomic E-state index is -2.16. The first-order valence-electron chi connectivity index (χ1n) is 1.79. The Morgan fingerprint density at radius 2 is 1.86 bits per heavy atom. The maximum atomic E-state index is 6.52. The molecule has 0 unspecified atom stereocenters. The minimum Gasteiger partial charge on any atom is -0.309 e. The molecule has 5 heteroatoms. The molecule has 0 aromatic rings. The smallest absolute Gasteiger partial charge is 0.217 e. The Hall–Kier alpha value is -0.0200. The van der Waals surface area contributed by atoms with Gasteiger partial charge in [0.05, 0.1) is 0 Å². The van der Waals surface area contributed by atoms with Gasteiger partial charge in [0, 0.05) is 6.21 Å². The van der Waals surface area contributed by atoms with Gasteiger partial charge in [0.1, 0.15) is 6.16 Å². The SMILES string of the molecule is N=CC[P+](N)(N)N. The highest BCUT2D eigenvalue weighted by Gasteiger charge is 2.17. The lowest BCUT2D eigenvalue weighted by atomic mass is 10.9. The Bertz CT molecular complexity index is 64.6. The van der Waals surface area contributed by atoms with Gasteiger partial charge in [-0.1, -0.05) is 0 Å². The van der Waals surface area contributed by atoms with E-state index < -0.39 is 7.71 Å². The molecule has 0 bridgehead atoms. The van der Waals surface area contributed by atoms with Gasteiger partial charge in [0.2, 0.25) is 7.71 Å². The van der Waals surface area contributed by atoms with Crippen LogP contribution in [0.4, 0.5) is 0 Å². The Morgan fingerprint density at radius 3 is 1.86 bits per heavy atom. The lowest BCUT2D eigenvalue weighted by Gasteiger charge is -2.03. The molecule has 0 aliphatic rings. The summed E-state index contributed by atoms with van der Waals surface area (Å²) in [4.78, 5) is 0. The Kier molecular flexibility index (Phi) is 2.32. The van der Waals surface area contributed by atoms with Crippen LogP contribution in [0.25, 0.3) is 0 Å². The molecule has 0 aliphatic carbocycles. The third-order valence-electron chi connectivity index (χ3n) is 0.408. The molecule has 0 heterocycles. The largest absolute Gasteiger partial charge is 0.309 e. The zero-order valence-corrected chi connectivity index (χ0v) is 4.86. The van der Waals surface area contributed by atoms with E-state index in [2.05, 4.69) is 0 Å². The molecule has 0 atom stereocenters. The molecular weight excluding hydrogens is 111 g/mol. The van der Waals surface area contributed by atoms with Gasteiger partial charge < -0.3 is 5.41 Å². The Morgan fingerprint density at radius 1 is 1.43 bits per heavy atom. The third-order valence-corrected chi connectivity index (χ3v) is 1.22. The lowest BCUT2D eigenvalue weighted by molar-refractivity contribution is 1.49. The molecule has 4 nitrogen and oxygen atoms in total. The second-order valence-corrected chi connectivity index (χ2v) is 3.74. The third kappa shape index (κ3) is 5.98. The van der Waals surface area contributed by atoms with Crippen molar-refractivity contribution in [2.45, 2.75) is 0 Å². The lowest BCUT2D eigenvalue weighted by Crippen LogP contribution is -2.25. The summed E-state index contributed by atoms with van der Waals surface area (Å²) in [6, 6.07) is 0. The summed E-state index contributed by atoms with van der Waals surface area (Å²) in [5.41, 5.74) is 15.5. The highest BCUT2D eigenvalue weighted by Crippen LogP contribution is 2.27. The van der Waals surface area contributed by atoms with Gasteiger partial charge >= 0.3 is 0 Å². The van der Waals surface area contributed by atoms with E-state index in [1.54, 1.807) is 0 Å². The van der Waals surface area contributed by atoms with Crippen molar-refractivity contribution in [2.24, 2.45) is 16.5 Å². The first-order valence-corrected chi connectivity index (χ1v) is 3.97. The molecule has 0 radical (unpaired) electrons. The van der Waals surface area contributed by atoms with Gasteiger partial charge in [-0.2, -0.15) is 16.5 Å². The van der Waals surface area contributed by atoms with Gasteiger partial charge in [-0.25, -0.2) is 0 Å². The molecule has 0 aromatic heterocycles. The normalized spacial score (nSPS) is 11.3. The molecule has 42 valence electrons. The van der Waals surface area contributed by atoms with Crippen LogP contribution in [0.1, 0.15) is 0 Å². The molecule has 7 N–H and O–H groups in total. The second kappa shape index (κ2) is 2.33. The van der Waals surface area contributed by atoms with Crippen molar-refractivity contribution in [3.8, 4) is 0 Å². The zero-order chi connectivity index (χ0) is 5.91. The highest BCUT2D eigenvalue weighted by atomic mass is 31.2. The van der Waals surface area contributed by atoms with E-state index in [4.69, 9.17) is 21.9 Å². The summed E-state index contributed by atoms with van der Waals surface area (Å²) in [5.74, 6) is 0. The van der Waals surface area contributed by atoms with Gasteiger partial charge in [-0.15, -0.1) is 0 Å². The second-order valence-electron chi connectivity index (χ2n) is 1.38. The molecule has 0 amide bonds. The summed E-state index contributed by atoms with van der Waals surface area (Å²) in [7, 11) is -2.16. The highest BCUT2D eigenvalue weighted by molar-refractivity contribution is 7.69. The summed E-state index contributed by atoms with van der Waals surface area (Å²) in [6.45, 7) is 0. The molecule has 0 aromatic carbocycles. The van der Waals surface area contributed by atoms with Crippen molar-refractivity contribution in [1.29, 1.82) is 5.41 Å². The molecule has 0 spiro atoms. The van der Waals surface area contributed by atoms with Crippen LogP contribution >= 0.6 is 7.71 Å².